The molecule has 1 aliphatic rings. The molecule has 1 nitrogen and oxygen atoms in total. The normalized spacial score (nSPS) is 32.2. The van der Waals surface area contributed by atoms with Gasteiger partial charge in [-0.2, -0.15) is 0 Å². The summed E-state index contributed by atoms with van der Waals surface area (Å²) in [5, 5.41) is 0. The molecule has 0 radical (unpaired) electrons. The first kappa shape index (κ1) is 10.0. The van der Waals surface area contributed by atoms with Crippen LogP contribution in [0.5, 0.6) is 0 Å². The molecule has 0 saturated carbocycles. The van der Waals surface area contributed by atoms with Crippen molar-refractivity contribution in [2.75, 3.05) is 20.1 Å². The molecule has 2 atom stereocenters. The van der Waals surface area contributed by atoms with E-state index >= 15 is 0 Å². The molecule has 1 rings (SSSR count). The van der Waals surface area contributed by atoms with Gasteiger partial charge in [-0.15, -0.1) is 0 Å². The Morgan fingerprint density at radius 2 is 1.83 bits per heavy atom. The second kappa shape index (κ2) is 4.86. The molecule has 1 fully saturated rings. The Balaban J connectivity index is 2.34. The van der Waals surface area contributed by atoms with Gasteiger partial charge in [0.25, 0.3) is 0 Å². The molecule has 0 N–H and O–H groups in total. The maximum absolute atomic E-state index is 2.51. The van der Waals surface area contributed by atoms with Gasteiger partial charge in [0.05, 0.1) is 0 Å². The van der Waals surface area contributed by atoms with Gasteiger partial charge in [-0.25, -0.2) is 0 Å². The number of piperidine rings is 1. The fourth-order valence-corrected chi connectivity index (χ4v) is 2.49. The Kier molecular flexibility index (Phi) is 4.07. The van der Waals surface area contributed by atoms with Crippen molar-refractivity contribution in [2.24, 2.45) is 11.8 Å². The lowest BCUT2D eigenvalue weighted by Crippen LogP contribution is -2.37. The SMILES string of the molecule is CCCC1CC(CC)CN(C)C1. The third kappa shape index (κ3) is 2.78. The highest BCUT2D eigenvalue weighted by atomic mass is 15.1. The van der Waals surface area contributed by atoms with Crippen LogP contribution < -0.4 is 0 Å². The Hall–Kier alpha value is -0.0400. The van der Waals surface area contributed by atoms with E-state index in [1.54, 1.807) is 0 Å². The summed E-state index contributed by atoms with van der Waals surface area (Å²) >= 11 is 0. The maximum Gasteiger partial charge on any atom is 0.000683 e. The zero-order valence-corrected chi connectivity index (χ0v) is 8.84. The summed E-state index contributed by atoms with van der Waals surface area (Å²) in [5.41, 5.74) is 0. The zero-order chi connectivity index (χ0) is 8.97. The van der Waals surface area contributed by atoms with Crippen LogP contribution in [0.2, 0.25) is 0 Å². The minimum Gasteiger partial charge on any atom is -0.306 e. The van der Waals surface area contributed by atoms with Crippen LogP contribution in [0.25, 0.3) is 0 Å². The van der Waals surface area contributed by atoms with Crippen LogP contribution in [-0.4, -0.2) is 25.0 Å². The predicted molar refractivity (Wildman–Crippen MR) is 54.3 cm³/mol. The van der Waals surface area contributed by atoms with Crippen molar-refractivity contribution >= 4 is 0 Å². The van der Waals surface area contributed by atoms with Crippen LogP contribution in [0.4, 0.5) is 0 Å². The van der Waals surface area contributed by atoms with E-state index < -0.39 is 0 Å². The Labute approximate surface area is 77.1 Å². The fraction of sp³-hybridized carbons (Fsp3) is 1.00. The lowest BCUT2D eigenvalue weighted by molar-refractivity contribution is 0.142. The number of hydrogen-bond donors (Lipinski definition) is 0. The number of nitrogens with zero attached hydrogens (tertiary/aromatic N) is 1. The van der Waals surface area contributed by atoms with Crippen molar-refractivity contribution in [3.8, 4) is 0 Å². The lowest BCUT2D eigenvalue weighted by atomic mass is 9.85. The molecule has 0 aromatic heterocycles. The first-order chi connectivity index (χ1) is 5.76. The minimum atomic E-state index is 0.972. The molecule has 72 valence electrons. The summed E-state index contributed by atoms with van der Waals surface area (Å²) in [6, 6.07) is 0. The van der Waals surface area contributed by atoms with Gasteiger partial charge in [-0.05, 0) is 31.7 Å². The van der Waals surface area contributed by atoms with Gasteiger partial charge >= 0.3 is 0 Å². The van der Waals surface area contributed by atoms with Gasteiger partial charge in [0.15, 0.2) is 0 Å². The van der Waals surface area contributed by atoms with Crippen molar-refractivity contribution in [2.45, 2.75) is 39.5 Å². The quantitative estimate of drug-likeness (QED) is 0.628. The van der Waals surface area contributed by atoms with E-state index in [0.717, 1.165) is 11.8 Å². The summed E-state index contributed by atoms with van der Waals surface area (Å²) in [4.78, 5) is 2.51. The summed E-state index contributed by atoms with van der Waals surface area (Å²) in [6.07, 6.45) is 5.63. The third-order valence-corrected chi connectivity index (χ3v) is 3.08. The van der Waals surface area contributed by atoms with Crippen molar-refractivity contribution in [1.82, 2.24) is 4.90 Å². The smallest absolute Gasteiger partial charge is 0.000683 e. The van der Waals surface area contributed by atoms with Gasteiger partial charge in [0.2, 0.25) is 0 Å². The highest BCUT2D eigenvalue weighted by molar-refractivity contribution is 4.76. The average Bonchev–Trinajstić information content (AvgIpc) is 2.04. The molecule has 1 heteroatoms. The largest absolute Gasteiger partial charge is 0.306 e. The highest BCUT2D eigenvalue weighted by Gasteiger charge is 2.22. The van der Waals surface area contributed by atoms with Gasteiger partial charge in [-0.3, -0.25) is 0 Å². The Morgan fingerprint density at radius 3 is 2.42 bits per heavy atom. The van der Waals surface area contributed by atoms with Crippen LogP contribution in [0.3, 0.4) is 0 Å². The number of likely N-dealkylation sites (tertiary alicyclic amines) is 1. The van der Waals surface area contributed by atoms with E-state index in [9.17, 15) is 0 Å². The monoisotopic (exact) mass is 169 g/mol. The van der Waals surface area contributed by atoms with E-state index in [2.05, 4.69) is 25.8 Å². The highest BCUT2D eigenvalue weighted by Crippen LogP contribution is 2.26. The molecular formula is C11H23N. The standard InChI is InChI=1S/C11H23N/c1-4-6-11-7-10(5-2)8-12(3)9-11/h10-11H,4-9H2,1-3H3. The molecular weight excluding hydrogens is 146 g/mol. The molecule has 1 aliphatic heterocycles. The van der Waals surface area contributed by atoms with Crippen LogP contribution in [-0.2, 0) is 0 Å². The van der Waals surface area contributed by atoms with E-state index in [0.29, 0.717) is 0 Å². The van der Waals surface area contributed by atoms with Crippen LogP contribution in [0, 0.1) is 11.8 Å². The van der Waals surface area contributed by atoms with Crippen molar-refractivity contribution in [3.63, 3.8) is 0 Å². The van der Waals surface area contributed by atoms with E-state index in [4.69, 9.17) is 0 Å². The first-order valence-electron chi connectivity index (χ1n) is 5.44. The van der Waals surface area contributed by atoms with Crippen molar-refractivity contribution in [1.29, 1.82) is 0 Å². The first-order valence-corrected chi connectivity index (χ1v) is 5.44. The van der Waals surface area contributed by atoms with E-state index in [1.807, 2.05) is 0 Å². The second-order valence-electron chi connectivity index (χ2n) is 4.39. The van der Waals surface area contributed by atoms with Crippen LogP contribution in [0.15, 0.2) is 0 Å². The topological polar surface area (TPSA) is 3.24 Å². The molecule has 1 heterocycles. The van der Waals surface area contributed by atoms with Gasteiger partial charge in [0.1, 0.15) is 0 Å². The van der Waals surface area contributed by atoms with Crippen LogP contribution >= 0.6 is 0 Å². The molecule has 0 aromatic rings. The van der Waals surface area contributed by atoms with Crippen molar-refractivity contribution in [3.05, 3.63) is 0 Å². The number of hydrogen-bond acceptors (Lipinski definition) is 1. The van der Waals surface area contributed by atoms with Crippen molar-refractivity contribution < 1.29 is 0 Å². The molecule has 0 aromatic carbocycles. The number of rotatable bonds is 3. The summed E-state index contributed by atoms with van der Waals surface area (Å²) < 4.78 is 0. The summed E-state index contributed by atoms with van der Waals surface area (Å²) in [6.45, 7) is 7.30. The zero-order valence-electron chi connectivity index (χ0n) is 8.84. The molecule has 1 saturated heterocycles. The molecule has 12 heavy (non-hydrogen) atoms. The lowest BCUT2D eigenvalue weighted by Gasteiger charge is -2.35. The summed E-state index contributed by atoms with van der Waals surface area (Å²) in [7, 11) is 2.27. The van der Waals surface area contributed by atoms with Gasteiger partial charge in [0, 0.05) is 13.1 Å². The van der Waals surface area contributed by atoms with Gasteiger partial charge in [-0.1, -0.05) is 26.7 Å². The minimum absolute atomic E-state index is 0.972. The molecule has 0 bridgehead atoms. The van der Waals surface area contributed by atoms with E-state index in [1.165, 1.54) is 38.8 Å². The average molecular weight is 169 g/mol. The third-order valence-electron chi connectivity index (χ3n) is 3.08. The Morgan fingerprint density at radius 1 is 1.17 bits per heavy atom. The Bertz CT molecular complexity index is 122. The maximum atomic E-state index is 2.51. The molecule has 0 amide bonds. The van der Waals surface area contributed by atoms with Gasteiger partial charge < -0.3 is 4.90 Å². The molecule has 2 unspecified atom stereocenters. The molecule has 0 aliphatic carbocycles. The van der Waals surface area contributed by atoms with Crippen LogP contribution in [0.1, 0.15) is 39.5 Å². The van der Waals surface area contributed by atoms with E-state index in [-0.39, 0.29) is 0 Å². The summed E-state index contributed by atoms with van der Waals surface area (Å²) in [5.74, 6) is 1.96. The fourth-order valence-electron chi connectivity index (χ4n) is 2.49. The predicted octanol–water partition coefficient (Wildman–Crippen LogP) is 2.76. The molecule has 0 spiro atoms. The second-order valence-corrected chi connectivity index (χ2v) is 4.39.